The molecule has 1 aliphatic rings. The van der Waals surface area contributed by atoms with E-state index in [4.69, 9.17) is 4.98 Å². The molecule has 1 N–H and O–H groups in total. The molecule has 1 amide bonds. The minimum atomic E-state index is -0.0295. The number of carbonyl (C=O) groups is 1. The van der Waals surface area contributed by atoms with E-state index in [9.17, 15) is 4.79 Å². The number of benzene rings is 3. The Hall–Kier alpha value is -2.98. The van der Waals surface area contributed by atoms with Crippen LogP contribution in [-0.4, -0.2) is 10.9 Å². The van der Waals surface area contributed by atoms with Crippen LogP contribution >= 0.6 is 11.3 Å². The van der Waals surface area contributed by atoms with E-state index in [1.165, 1.54) is 21.9 Å². The highest BCUT2D eigenvalue weighted by Gasteiger charge is 2.25. The highest BCUT2D eigenvalue weighted by atomic mass is 32.1. The van der Waals surface area contributed by atoms with E-state index >= 15 is 0 Å². The maximum atomic E-state index is 12.5. The Morgan fingerprint density at radius 3 is 2.41 bits per heavy atom. The summed E-state index contributed by atoms with van der Waals surface area (Å²) in [6.07, 6.45) is 1.37. The SMILES string of the molecule is CCc1ccc(CC(=O)Nc2nc3c(s2)-c2cccc4cccc-3c24)cc1. The zero-order valence-electron chi connectivity index (χ0n) is 15.0. The van der Waals surface area contributed by atoms with Crippen molar-refractivity contribution in [2.45, 2.75) is 19.8 Å². The molecule has 5 rings (SSSR count). The fourth-order valence-corrected chi connectivity index (χ4v) is 4.74. The average molecular weight is 370 g/mol. The second-order valence-electron chi connectivity index (χ2n) is 6.80. The first-order valence-corrected chi connectivity index (χ1v) is 9.95. The topological polar surface area (TPSA) is 42.0 Å². The van der Waals surface area contributed by atoms with Crippen molar-refractivity contribution in [1.82, 2.24) is 4.98 Å². The van der Waals surface area contributed by atoms with Gasteiger partial charge in [-0.2, -0.15) is 0 Å². The molecule has 4 aromatic rings. The molecule has 0 saturated heterocycles. The largest absolute Gasteiger partial charge is 0.302 e. The van der Waals surface area contributed by atoms with E-state index in [0.29, 0.717) is 11.6 Å². The summed E-state index contributed by atoms with van der Waals surface area (Å²) in [6, 6.07) is 20.9. The Morgan fingerprint density at radius 2 is 1.67 bits per heavy atom. The Morgan fingerprint density at radius 1 is 0.963 bits per heavy atom. The third-order valence-electron chi connectivity index (χ3n) is 5.07. The number of nitrogens with one attached hydrogen (secondary N) is 1. The molecule has 27 heavy (non-hydrogen) atoms. The number of aryl methyl sites for hydroxylation is 1. The molecule has 3 nitrogen and oxygen atoms in total. The molecule has 0 fully saturated rings. The van der Waals surface area contributed by atoms with Gasteiger partial charge in [0.15, 0.2) is 5.13 Å². The predicted octanol–water partition coefficient (Wildman–Crippen LogP) is 5.69. The van der Waals surface area contributed by atoms with E-state index in [2.05, 4.69) is 60.8 Å². The first-order chi connectivity index (χ1) is 13.2. The predicted molar refractivity (Wildman–Crippen MR) is 112 cm³/mol. The lowest BCUT2D eigenvalue weighted by atomic mass is 10.0. The van der Waals surface area contributed by atoms with Gasteiger partial charge in [0.2, 0.25) is 5.91 Å². The standard InChI is InChI=1S/C23H18N2OS/c1-2-14-9-11-15(12-10-14)13-19(26)24-23-25-21-17-7-3-5-16-6-4-8-18(20(16)17)22(21)27-23/h3-12H,2,13H2,1H3,(H,24,25,26). The Balaban J connectivity index is 1.39. The lowest BCUT2D eigenvalue weighted by Crippen LogP contribution is -2.14. The maximum Gasteiger partial charge on any atom is 0.230 e. The van der Waals surface area contributed by atoms with Crippen LogP contribution < -0.4 is 5.32 Å². The van der Waals surface area contributed by atoms with Crippen LogP contribution in [0.25, 0.3) is 32.5 Å². The molecular formula is C23H18N2OS. The fourth-order valence-electron chi connectivity index (χ4n) is 3.71. The summed E-state index contributed by atoms with van der Waals surface area (Å²) in [5, 5.41) is 6.15. The second kappa shape index (κ2) is 6.32. The zero-order chi connectivity index (χ0) is 18.4. The highest BCUT2D eigenvalue weighted by Crippen LogP contribution is 2.50. The minimum absolute atomic E-state index is 0.0295. The molecule has 132 valence electrons. The number of anilines is 1. The van der Waals surface area contributed by atoms with Gasteiger partial charge in [0, 0.05) is 11.1 Å². The number of rotatable bonds is 4. The quantitative estimate of drug-likeness (QED) is 0.442. The van der Waals surface area contributed by atoms with Gasteiger partial charge in [0.1, 0.15) is 0 Å². The van der Waals surface area contributed by atoms with Gasteiger partial charge in [0.25, 0.3) is 0 Å². The molecule has 1 aromatic heterocycles. The second-order valence-corrected chi connectivity index (χ2v) is 7.80. The summed E-state index contributed by atoms with van der Waals surface area (Å²) in [5.74, 6) is -0.0295. The van der Waals surface area contributed by atoms with Crippen molar-refractivity contribution in [2.24, 2.45) is 0 Å². The van der Waals surface area contributed by atoms with Crippen molar-refractivity contribution in [3.8, 4) is 21.7 Å². The van der Waals surface area contributed by atoms with Crippen molar-refractivity contribution in [3.05, 3.63) is 71.8 Å². The first kappa shape index (κ1) is 16.2. The summed E-state index contributed by atoms with van der Waals surface area (Å²) in [4.78, 5) is 18.3. The van der Waals surface area contributed by atoms with Gasteiger partial charge in [-0.05, 0) is 28.3 Å². The summed E-state index contributed by atoms with van der Waals surface area (Å²) in [5.41, 5.74) is 5.65. The Kier molecular flexibility index (Phi) is 3.80. The van der Waals surface area contributed by atoms with Crippen molar-refractivity contribution in [2.75, 3.05) is 5.32 Å². The van der Waals surface area contributed by atoms with E-state index in [1.54, 1.807) is 11.3 Å². The van der Waals surface area contributed by atoms with E-state index in [-0.39, 0.29) is 5.91 Å². The first-order valence-electron chi connectivity index (χ1n) is 9.14. The molecule has 1 heterocycles. The van der Waals surface area contributed by atoms with Crippen LogP contribution in [0.4, 0.5) is 5.13 Å². The highest BCUT2D eigenvalue weighted by molar-refractivity contribution is 7.20. The Labute approximate surface area is 161 Å². The molecule has 1 aliphatic carbocycles. The molecule has 0 atom stereocenters. The number of carbonyl (C=O) groups excluding carboxylic acids is 1. The monoisotopic (exact) mass is 370 g/mol. The average Bonchev–Trinajstić information content (AvgIpc) is 3.22. The summed E-state index contributed by atoms with van der Waals surface area (Å²) in [7, 11) is 0. The summed E-state index contributed by atoms with van der Waals surface area (Å²) in [6.45, 7) is 2.13. The molecule has 3 aromatic carbocycles. The van der Waals surface area contributed by atoms with Gasteiger partial charge < -0.3 is 5.32 Å². The van der Waals surface area contributed by atoms with Crippen LogP contribution in [0.1, 0.15) is 18.1 Å². The normalized spacial score (nSPS) is 11.6. The van der Waals surface area contributed by atoms with Gasteiger partial charge in [0.05, 0.1) is 17.0 Å². The number of hydrogen-bond donors (Lipinski definition) is 1. The van der Waals surface area contributed by atoms with Crippen molar-refractivity contribution >= 4 is 33.1 Å². The van der Waals surface area contributed by atoms with Crippen LogP contribution in [0.5, 0.6) is 0 Å². The van der Waals surface area contributed by atoms with Crippen LogP contribution in [0.2, 0.25) is 0 Å². The molecular weight excluding hydrogens is 352 g/mol. The summed E-state index contributed by atoms with van der Waals surface area (Å²) >= 11 is 1.55. The number of fused-ring (bicyclic) bond motifs is 3. The molecule has 0 radical (unpaired) electrons. The number of aromatic nitrogens is 1. The van der Waals surface area contributed by atoms with Gasteiger partial charge in [-0.25, -0.2) is 4.98 Å². The molecule has 0 saturated carbocycles. The lowest BCUT2D eigenvalue weighted by Gasteiger charge is -2.04. The third kappa shape index (κ3) is 2.73. The van der Waals surface area contributed by atoms with Gasteiger partial charge in [-0.3, -0.25) is 4.79 Å². The minimum Gasteiger partial charge on any atom is -0.302 e. The zero-order valence-corrected chi connectivity index (χ0v) is 15.8. The van der Waals surface area contributed by atoms with Crippen LogP contribution in [0, 0.1) is 0 Å². The fraction of sp³-hybridized carbons (Fsp3) is 0.130. The number of hydrogen-bond acceptors (Lipinski definition) is 3. The van der Waals surface area contributed by atoms with E-state index < -0.39 is 0 Å². The lowest BCUT2D eigenvalue weighted by molar-refractivity contribution is -0.115. The van der Waals surface area contributed by atoms with Crippen molar-refractivity contribution < 1.29 is 4.79 Å². The van der Waals surface area contributed by atoms with Gasteiger partial charge in [-0.1, -0.05) is 78.9 Å². The van der Waals surface area contributed by atoms with Crippen molar-refractivity contribution in [3.63, 3.8) is 0 Å². The van der Waals surface area contributed by atoms with Crippen LogP contribution in [-0.2, 0) is 17.6 Å². The summed E-state index contributed by atoms with van der Waals surface area (Å²) < 4.78 is 0. The maximum absolute atomic E-state index is 12.5. The van der Waals surface area contributed by atoms with Crippen LogP contribution in [0.15, 0.2) is 60.7 Å². The van der Waals surface area contributed by atoms with E-state index in [0.717, 1.165) is 28.1 Å². The number of thiazole rings is 1. The van der Waals surface area contributed by atoms with Gasteiger partial charge in [-0.15, -0.1) is 0 Å². The van der Waals surface area contributed by atoms with E-state index in [1.807, 2.05) is 12.1 Å². The Bertz CT molecular complexity index is 1120. The number of nitrogens with zero attached hydrogens (tertiary/aromatic N) is 1. The molecule has 0 bridgehead atoms. The molecule has 0 unspecified atom stereocenters. The molecule has 4 heteroatoms. The smallest absolute Gasteiger partial charge is 0.230 e. The molecule has 0 spiro atoms. The van der Waals surface area contributed by atoms with Gasteiger partial charge >= 0.3 is 0 Å². The number of amides is 1. The van der Waals surface area contributed by atoms with Crippen molar-refractivity contribution in [1.29, 1.82) is 0 Å². The molecule has 0 aliphatic heterocycles. The van der Waals surface area contributed by atoms with Crippen LogP contribution in [0.3, 0.4) is 0 Å². The third-order valence-corrected chi connectivity index (χ3v) is 6.08.